The van der Waals surface area contributed by atoms with Gasteiger partial charge in [0, 0.05) is 17.6 Å². The molecule has 1 atom stereocenters. The van der Waals surface area contributed by atoms with Crippen molar-refractivity contribution in [3.63, 3.8) is 0 Å². The first-order valence-electron chi connectivity index (χ1n) is 6.40. The predicted molar refractivity (Wildman–Crippen MR) is 73.6 cm³/mol. The Balaban J connectivity index is 1.71. The maximum atomic E-state index is 11.6. The first kappa shape index (κ1) is 13.4. The second-order valence-corrected chi connectivity index (χ2v) is 5.34. The summed E-state index contributed by atoms with van der Waals surface area (Å²) in [7, 11) is 0. The molecule has 0 aliphatic heterocycles. The zero-order valence-corrected chi connectivity index (χ0v) is 11.3. The van der Waals surface area contributed by atoms with E-state index in [0.29, 0.717) is 6.54 Å². The van der Waals surface area contributed by atoms with Gasteiger partial charge >= 0.3 is 0 Å². The van der Waals surface area contributed by atoms with Gasteiger partial charge in [-0.25, -0.2) is 0 Å². The number of benzene rings is 1. The monoisotopic (exact) mass is 266 g/mol. The fourth-order valence-electron chi connectivity index (χ4n) is 1.76. The highest BCUT2D eigenvalue weighted by atomic mass is 35.5. The number of rotatable bonds is 6. The molecular formula is C14H19ClN2O. The molecule has 0 saturated heterocycles. The molecule has 0 heterocycles. The van der Waals surface area contributed by atoms with E-state index in [4.69, 9.17) is 11.6 Å². The van der Waals surface area contributed by atoms with E-state index in [1.54, 1.807) is 0 Å². The van der Waals surface area contributed by atoms with Crippen molar-refractivity contribution in [2.45, 2.75) is 25.8 Å². The Kier molecular flexibility index (Phi) is 4.61. The Bertz CT molecular complexity index is 401. The average Bonchev–Trinajstić information content (AvgIpc) is 3.18. The molecule has 1 amide bonds. The van der Waals surface area contributed by atoms with Crippen molar-refractivity contribution in [2.24, 2.45) is 5.92 Å². The molecular weight excluding hydrogens is 248 g/mol. The summed E-state index contributed by atoms with van der Waals surface area (Å²) < 4.78 is 0. The van der Waals surface area contributed by atoms with Crippen molar-refractivity contribution in [1.29, 1.82) is 0 Å². The van der Waals surface area contributed by atoms with Gasteiger partial charge in [-0.3, -0.25) is 4.79 Å². The maximum Gasteiger partial charge on any atom is 0.233 e. The topological polar surface area (TPSA) is 41.1 Å². The molecule has 1 aromatic carbocycles. The molecule has 1 fully saturated rings. The quantitative estimate of drug-likeness (QED) is 0.831. The predicted octanol–water partition coefficient (Wildman–Crippen LogP) is 2.52. The van der Waals surface area contributed by atoms with Crippen LogP contribution in [0.1, 0.15) is 31.4 Å². The molecule has 2 N–H and O–H groups in total. The van der Waals surface area contributed by atoms with Gasteiger partial charge in [-0.1, -0.05) is 23.7 Å². The number of amides is 1. The number of halogens is 1. The van der Waals surface area contributed by atoms with Crippen LogP contribution in [0.3, 0.4) is 0 Å². The number of hydrogen-bond acceptors (Lipinski definition) is 2. The zero-order valence-electron chi connectivity index (χ0n) is 10.6. The molecule has 1 aromatic rings. The summed E-state index contributed by atoms with van der Waals surface area (Å²) in [5.41, 5.74) is 1.13. The van der Waals surface area contributed by atoms with Gasteiger partial charge in [0.15, 0.2) is 0 Å². The summed E-state index contributed by atoms with van der Waals surface area (Å²) >= 11 is 5.84. The highest BCUT2D eigenvalue weighted by Crippen LogP contribution is 2.27. The van der Waals surface area contributed by atoms with E-state index in [1.165, 1.54) is 12.8 Å². The first-order chi connectivity index (χ1) is 8.65. The highest BCUT2D eigenvalue weighted by Gasteiger charge is 2.21. The van der Waals surface area contributed by atoms with E-state index >= 15 is 0 Å². The lowest BCUT2D eigenvalue weighted by atomic mass is 10.1. The maximum absolute atomic E-state index is 11.6. The molecule has 1 aliphatic rings. The van der Waals surface area contributed by atoms with Gasteiger partial charge in [-0.2, -0.15) is 0 Å². The normalized spacial score (nSPS) is 16.3. The summed E-state index contributed by atoms with van der Waals surface area (Å²) in [5, 5.41) is 6.87. The van der Waals surface area contributed by atoms with Crippen LogP contribution >= 0.6 is 11.6 Å². The van der Waals surface area contributed by atoms with Crippen LogP contribution in [0.25, 0.3) is 0 Å². The standard InChI is InChI=1S/C14H19ClN2O/c1-10(12-4-6-13(15)7-5-12)16-9-14(18)17-8-11-2-3-11/h4-7,10-11,16H,2-3,8-9H2,1H3,(H,17,18)/t10-/m0/s1. The Labute approximate surface area is 113 Å². The zero-order chi connectivity index (χ0) is 13.0. The molecule has 0 spiro atoms. The van der Waals surface area contributed by atoms with Crippen molar-refractivity contribution >= 4 is 17.5 Å². The fraction of sp³-hybridized carbons (Fsp3) is 0.500. The van der Waals surface area contributed by atoms with Gasteiger partial charge in [-0.05, 0) is 43.4 Å². The van der Waals surface area contributed by atoms with E-state index in [9.17, 15) is 4.79 Å². The molecule has 3 nitrogen and oxygen atoms in total. The van der Waals surface area contributed by atoms with Crippen LogP contribution < -0.4 is 10.6 Å². The van der Waals surface area contributed by atoms with E-state index in [2.05, 4.69) is 10.6 Å². The van der Waals surface area contributed by atoms with Crippen LogP contribution in [0.15, 0.2) is 24.3 Å². The second kappa shape index (κ2) is 6.21. The lowest BCUT2D eigenvalue weighted by molar-refractivity contribution is -0.120. The lowest BCUT2D eigenvalue weighted by Crippen LogP contribution is -2.36. The van der Waals surface area contributed by atoms with Gasteiger partial charge in [-0.15, -0.1) is 0 Å². The summed E-state index contributed by atoms with van der Waals surface area (Å²) in [6.07, 6.45) is 2.52. The molecule has 98 valence electrons. The summed E-state index contributed by atoms with van der Waals surface area (Å²) in [5.74, 6) is 0.797. The van der Waals surface area contributed by atoms with Crippen LogP contribution in [0, 0.1) is 5.92 Å². The Hall–Kier alpha value is -1.06. The van der Waals surface area contributed by atoms with E-state index in [0.717, 1.165) is 23.0 Å². The van der Waals surface area contributed by atoms with Crippen molar-refractivity contribution in [3.05, 3.63) is 34.9 Å². The Morgan fingerprint density at radius 2 is 2.06 bits per heavy atom. The molecule has 0 unspecified atom stereocenters. The van der Waals surface area contributed by atoms with Crippen LogP contribution in [0.4, 0.5) is 0 Å². The average molecular weight is 267 g/mol. The van der Waals surface area contributed by atoms with Crippen LogP contribution in [-0.2, 0) is 4.79 Å². The number of nitrogens with one attached hydrogen (secondary N) is 2. The molecule has 1 aliphatic carbocycles. The summed E-state index contributed by atoms with van der Waals surface area (Å²) in [4.78, 5) is 11.6. The lowest BCUT2D eigenvalue weighted by Gasteiger charge is -2.14. The number of hydrogen-bond donors (Lipinski definition) is 2. The van der Waals surface area contributed by atoms with Gasteiger partial charge in [0.25, 0.3) is 0 Å². The summed E-state index contributed by atoms with van der Waals surface area (Å²) in [6.45, 7) is 3.23. The van der Waals surface area contributed by atoms with Crippen LogP contribution in [0.2, 0.25) is 5.02 Å². The van der Waals surface area contributed by atoms with Crippen molar-refractivity contribution in [1.82, 2.24) is 10.6 Å². The SMILES string of the molecule is C[C@H](NCC(=O)NCC1CC1)c1ccc(Cl)cc1. The van der Waals surface area contributed by atoms with E-state index in [1.807, 2.05) is 31.2 Å². The van der Waals surface area contributed by atoms with Gasteiger partial charge < -0.3 is 10.6 Å². The van der Waals surface area contributed by atoms with E-state index in [-0.39, 0.29) is 11.9 Å². The third-order valence-electron chi connectivity index (χ3n) is 3.22. The van der Waals surface area contributed by atoms with Gasteiger partial charge in [0.05, 0.1) is 6.54 Å². The van der Waals surface area contributed by atoms with Crippen molar-refractivity contribution in [2.75, 3.05) is 13.1 Å². The molecule has 1 saturated carbocycles. The third-order valence-corrected chi connectivity index (χ3v) is 3.48. The number of carbonyl (C=O) groups is 1. The van der Waals surface area contributed by atoms with Crippen molar-refractivity contribution in [3.8, 4) is 0 Å². The summed E-state index contributed by atoms with van der Waals surface area (Å²) in [6, 6.07) is 7.82. The molecule has 0 bridgehead atoms. The first-order valence-corrected chi connectivity index (χ1v) is 6.78. The largest absolute Gasteiger partial charge is 0.355 e. The van der Waals surface area contributed by atoms with E-state index < -0.39 is 0 Å². The minimum absolute atomic E-state index is 0.0720. The highest BCUT2D eigenvalue weighted by molar-refractivity contribution is 6.30. The van der Waals surface area contributed by atoms with Gasteiger partial charge in [0.1, 0.15) is 0 Å². The number of carbonyl (C=O) groups excluding carboxylic acids is 1. The molecule has 18 heavy (non-hydrogen) atoms. The smallest absolute Gasteiger partial charge is 0.233 e. The van der Waals surface area contributed by atoms with Crippen LogP contribution in [-0.4, -0.2) is 19.0 Å². The minimum atomic E-state index is 0.0720. The molecule has 0 aromatic heterocycles. The Morgan fingerprint density at radius 1 is 1.39 bits per heavy atom. The molecule has 0 radical (unpaired) electrons. The van der Waals surface area contributed by atoms with Crippen LogP contribution in [0.5, 0.6) is 0 Å². The fourth-order valence-corrected chi connectivity index (χ4v) is 1.88. The second-order valence-electron chi connectivity index (χ2n) is 4.90. The van der Waals surface area contributed by atoms with Gasteiger partial charge in [0.2, 0.25) is 5.91 Å². The molecule has 2 rings (SSSR count). The minimum Gasteiger partial charge on any atom is -0.355 e. The third kappa shape index (κ3) is 4.31. The van der Waals surface area contributed by atoms with Crippen molar-refractivity contribution < 1.29 is 4.79 Å². The Morgan fingerprint density at radius 3 is 2.67 bits per heavy atom. The molecule has 4 heteroatoms.